The summed E-state index contributed by atoms with van der Waals surface area (Å²) in [5.41, 5.74) is 7.58. The van der Waals surface area contributed by atoms with Crippen LogP contribution < -0.4 is 10.5 Å². The van der Waals surface area contributed by atoms with Crippen LogP contribution in [0.1, 0.15) is 37.3 Å². The number of nitrogens with two attached hydrogens (primary N) is 1. The fourth-order valence-electron chi connectivity index (χ4n) is 3.73. The van der Waals surface area contributed by atoms with Gasteiger partial charge in [0.1, 0.15) is 5.75 Å². The van der Waals surface area contributed by atoms with Gasteiger partial charge in [-0.1, -0.05) is 25.0 Å². The van der Waals surface area contributed by atoms with Gasteiger partial charge < -0.3 is 20.1 Å². The fourth-order valence-corrected chi connectivity index (χ4v) is 3.73. The number of morpholine rings is 1. The van der Waals surface area contributed by atoms with Crippen LogP contribution in [0.3, 0.4) is 0 Å². The minimum Gasteiger partial charge on any atom is -0.497 e. The molecule has 2 N–H and O–H groups in total. The van der Waals surface area contributed by atoms with Crippen molar-refractivity contribution in [2.24, 2.45) is 10.7 Å². The van der Waals surface area contributed by atoms with Crippen LogP contribution in [0.15, 0.2) is 29.3 Å². The standard InChI is InChI=1S/C20H32N4O2.HI/c1-25-18-8-6-17(7-9-18)19(23-12-14-26-15-13-23)16-22-20(21)24-10-4-2-3-5-11-24;/h6-9,19H,2-5,10-16H2,1H3,(H2,21,22);1H. The normalized spacial score (nSPS) is 20.5. The quantitative estimate of drug-likeness (QED) is 0.393. The first-order chi connectivity index (χ1) is 12.8. The van der Waals surface area contributed by atoms with Crippen LogP contribution in [0.2, 0.25) is 0 Å². The third-order valence-corrected chi connectivity index (χ3v) is 5.34. The Hall–Kier alpha value is -1.06. The second-order valence-corrected chi connectivity index (χ2v) is 7.04. The SMILES string of the molecule is COc1ccc(C(CN=C(N)N2CCCCCC2)N2CCOCC2)cc1.I. The average molecular weight is 488 g/mol. The van der Waals surface area contributed by atoms with Crippen molar-refractivity contribution < 1.29 is 9.47 Å². The summed E-state index contributed by atoms with van der Waals surface area (Å²) in [4.78, 5) is 9.49. The Labute approximate surface area is 180 Å². The van der Waals surface area contributed by atoms with Gasteiger partial charge >= 0.3 is 0 Å². The molecule has 2 heterocycles. The summed E-state index contributed by atoms with van der Waals surface area (Å²) in [5, 5.41) is 0. The average Bonchev–Trinajstić information content (AvgIpc) is 2.99. The molecule has 0 radical (unpaired) electrons. The summed E-state index contributed by atoms with van der Waals surface area (Å²) in [6.07, 6.45) is 5.02. The van der Waals surface area contributed by atoms with Crippen LogP contribution in [0.25, 0.3) is 0 Å². The maximum atomic E-state index is 6.33. The number of guanidine groups is 1. The smallest absolute Gasteiger partial charge is 0.191 e. The molecule has 1 unspecified atom stereocenters. The minimum absolute atomic E-state index is 0. The van der Waals surface area contributed by atoms with E-state index in [2.05, 4.69) is 21.9 Å². The summed E-state index contributed by atoms with van der Waals surface area (Å²) >= 11 is 0. The molecule has 0 spiro atoms. The van der Waals surface area contributed by atoms with Crippen LogP contribution in [0.5, 0.6) is 5.75 Å². The number of halogens is 1. The van der Waals surface area contributed by atoms with Crippen LogP contribution in [0, 0.1) is 0 Å². The maximum absolute atomic E-state index is 6.33. The highest BCUT2D eigenvalue weighted by Crippen LogP contribution is 2.24. The predicted molar refractivity (Wildman–Crippen MR) is 120 cm³/mol. The second-order valence-electron chi connectivity index (χ2n) is 7.04. The van der Waals surface area contributed by atoms with Gasteiger partial charge in [0.15, 0.2) is 5.96 Å². The molecule has 0 aliphatic carbocycles. The van der Waals surface area contributed by atoms with Gasteiger partial charge in [-0.3, -0.25) is 9.89 Å². The minimum atomic E-state index is 0. The highest BCUT2D eigenvalue weighted by molar-refractivity contribution is 14.0. The van der Waals surface area contributed by atoms with E-state index in [-0.39, 0.29) is 30.0 Å². The zero-order valence-electron chi connectivity index (χ0n) is 16.3. The van der Waals surface area contributed by atoms with Gasteiger partial charge in [0.2, 0.25) is 0 Å². The largest absolute Gasteiger partial charge is 0.497 e. The van der Waals surface area contributed by atoms with E-state index in [1.807, 2.05) is 12.1 Å². The molecule has 152 valence electrons. The van der Waals surface area contributed by atoms with Crippen molar-refractivity contribution >= 4 is 29.9 Å². The van der Waals surface area contributed by atoms with Gasteiger partial charge in [0, 0.05) is 26.2 Å². The molecule has 0 aromatic heterocycles. The Morgan fingerprint density at radius 2 is 1.70 bits per heavy atom. The second kappa shape index (κ2) is 11.7. The number of aliphatic imine (C=N–C) groups is 1. The number of rotatable bonds is 5. The van der Waals surface area contributed by atoms with Crippen molar-refractivity contribution in [3.8, 4) is 5.75 Å². The van der Waals surface area contributed by atoms with Crippen molar-refractivity contribution in [2.75, 3.05) is 53.0 Å². The van der Waals surface area contributed by atoms with Crippen molar-refractivity contribution in [1.29, 1.82) is 0 Å². The highest BCUT2D eigenvalue weighted by Gasteiger charge is 2.23. The van der Waals surface area contributed by atoms with Crippen LogP contribution in [0.4, 0.5) is 0 Å². The van der Waals surface area contributed by atoms with Crippen molar-refractivity contribution in [3.63, 3.8) is 0 Å². The molecule has 1 atom stereocenters. The number of ether oxygens (including phenoxy) is 2. The lowest BCUT2D eigenvalue weighted by Crippen LogP contribution is -2.42. The monoisotopic (exact) mass is 488 g/mol. The molecular weight excluding hydrogens is 455 g/mol. The van der Waals surface area contributed by atoms with Gasteiger partial charge in [-0.2, -0.15) is 0 Å². The van der Waals surface area contributed by atoms with E-state index >= 15 is 0 Å². The van der Waals surface area contributed by atoms with Crippen LogP contribution >= 0.6 is 24.0 Å². The topological polar surface area (TPSA) is 63.3 Å². The molecule has 0 bridgehead atoms. The molecule has 0 amide bonds. The highest BCUT2D eigenvalue weighted by atomic mass is 127. The Kier molecular flexibility index (Phi) is 9.64. The zero-order chi connectivity index (χ0) is 18.2. The lowest BCUT2D eigenvalue weighted by atomic mass is 10.0. The number of hydrogen-bond donors (Lipinski definition) is 1. The summed E-state index contributed by atoms with van der Waals surface area (Å²) in [6, 6.07) is 8.53. The Morgan fingerprint density at radius 3 is 2.30 bits per heavy atom. The number of methoxy groups -OCH3 is 1. The van der Waals surface area contributed by atoms with Crippen molar-refractivity contribution in [3.05, 3.63) is 29.8 Å². The van der Waals surface area contributed by atoms with Crippen molar-refractivity contribution in [1.82, 2.24) is 9.80 Å². The number of likely N-dealkylation sites (tertiary alicyclic amines) is 1. The first-order valence-corrected chi connectivity index (χ1v) is 9.78. The Balaban J connectivity index is 0.00000261. The molecule has 2 aliphatic rings. The molecule has 1 aromatic carbocycles. The zero-order valence-corrected chi connectivity index (χ0v) is 18.6. The summed E-state index contributed by atoms with van der Waals surface area (Å²) in [6.45, 7) is 6.14. The Bertz CT molecular complexity index is 568. The predicted octanol–water partition coefficient (Wildman–Crippen LogP) is 2.88. The van der Waals surface area contributed by atoms with E-state index in [1.54, 1.807) is 7.11 Å². The Morgan fingerprint density at radius 1 is 1.07 bits per heavy atom. The maximum Gasteiger partial charge on any atom is 0.191 e. The van der Waals surface area contributed by atoms with Gasteiger partial charge in [0.25, 0.3) is 0 Å². The fraction of sp³-hybridized carbons (Fsp3) is 0.650. The van der Waals surface area contributed by atoms with Gasteiger partial charge in [0.05, 0.1) is 32.9 Å². The van der Waals surface area contributed by atoms with Gasteiger partial charge in [-0.05, 0) is 30.5 Å². The first-order valence-electron chi connectivity index (χ1n) is 9.78. The third kappa shape index (κ3) is 6.50. The van der Waals surface area contributed by atoms with E-state index in [9.17, 15) is 0 Å². The van der Waals surface area contributed by atoms with E-state index in [0.29, 0.717) is 12.5 Å². The molecule has 1 aromatic rings. The third-order valence-electron chi connectivity index (χ3n) is 5.34. The summed E-state index contributed by atoms with van der Waals surface area (Å²) < 4.78 is 10.8. The van der Waals surface area contributed by atoms with Crippen LogP contribution in [-0.2, 0) is 4.74 Å². The molecule has 0 saturated carbocycles. The first kappa shape index (κ1) is 22.2. The number of hydrogen-bond acceptors (Lipinski definition) is 4. The summed E-state index contributed by atoms with van der Waals surface area (Å²) in [7, 11) is 1.70. The molecule has 6 nitrogen and oxygen atoms in total. The van der Waals surface area contributed by atoms with Gasteiger partial charge in [-0.15, -0.1) is 24.0 Å². The molecule has 3 rings (SSSR count). The van der Waals surface area contributed by atoms with E-state index in [4.69, 9.17) is 20.2 Å². The van der Waals surface area contributed by atoms with E-state index in [0.717, 1.165) is 45.1 Å². The number of benzene rings is 1. The molecule has 2 saturated heterocycles. The van der Waals surface area contributed by atoms with Crippen LogP contribution in [-0.4, -0.2) is 68.8 Å². The molecule has 27 heavy (non-hydrogen) atoms. The van der Waals surface area contributed by atoms with Crippen molar-refractivity contribution in [2.45, 2.75) is 31.7 Å². The lowest BCUT2D eigenvalue weighted by Gasteiger charge is -2.34. The van der Waals surface area contributed by atoms with E-state index in [1.165, 1.54) is 31.2 Å². The molecular formula is C20H33IN4O2. The number of nitrogens with zero attached hydrogens (tertiary/aromatic N) is 3. The molecule has 2 aliphatic heterocycles. The molecule has 7 heteroatoms. The molecule has 2 fully saturated rings. The lowest BCUT2D eigenvalue weighted by molar-refractivity contribution is 0.0179. The van der Waals surface area contributed by atoms with Gasteiger partial charge in [-0.25, -0.2) is 0 Å². The summed E-state index contributed by atoms with van der Waals surface area (Å²) in [5.74, 6) is 1.57. The van der Waals surface area contributed by atoms with E-state index < -0.39 is 0 Å².